The van der Waals surface area contributed by atoms with Crippen LogP contribution in [0.15, 0.2) is 22.8 Å². The molecule has 0 fully saturated rings. The average molecular weight is 351 g/mol. The molecule has 0 N–H and O–H groups in total. The number of hydrogen-bond acceptors (Lipinski definition) is 1. The number of hydrogen-bond donors (Lipinski definition) is 0. The van der Waals surface area contributed by atoms with Gasteiger partial charge in [0.2, 0.25) is 0 Å². The lowest BCUT2D eigenvalue weighted by atomic mass is 10.1. The number of halogens is 1. The van der Waals surface area contributed by atoms with Gasteiger partial charge in [-0.2, -0.15) is 0 Å². The van der Waals surface area contributed by atoms with Gasteiger partial charge in [0.15, 0.2) is 0 Å². The third kappa shape index (κ3) is 5.91. The lowest BCUT2D eigenvalue weighted by molar-refractivity contribution is -0.911. The van der Waals surface area contributed by atoms with Crippen LogP contribution in [0.5, 0.6) is 0 Å². The smallest absolute Gasteiger partial charge is 0.103 e. The first-order valence-corrected chi connectivity index (χ1v) is 6.41. The van der Waals surface area contributed by atoms with E-state index in [0.717, 1.165) is 22.7 Å². The van der Waals surface area contributed by atoms with Crippen molar-refractivity contribution in [2.75, 3.05) is 20.6 Å². The third-order valence-corrected chi connectivity index (χ3v) is 3.88. The second-order valence-electron chi connectivity index (χ2n) is 5.27. The number of aryl methyl sites for hydroxylation is 1. The fraction of sp³-hybridized carbons (Fsp3) is 0.714. The maximum Gasteiger partial charge on any atom is 0.103 e. The number of rotatable bonds is 7. The van der Waals surface area contributed by atoms with E-state index in [1.54, 1.807) is 6.26 Å². The van der Waals surface area contributed by atoms with Crippen molar-refractivity contribution < 1.29 is 32.9 Å². The third-order valence-electron chi connectivity index (χ3n) is 3.88. The van der Waals surface area contributed by atoms with Crippen LogP contribution in [0.2, 0.25) is 0 Å². The zero-order valence-corrected chi connectivity index (χ0v) is 13.7. The highest BCUT2D eigenvalue weighted by Gasteiger charge is 2.20. The molecule has 17 heavy (non-hydrogen) atoms. The van der Waals surface area contributed by atoms with Gasteiger partial charge in [-0.05, 0) is 45.2 Å². The van der Waals surface area contributed by atoms with Gasteiger partial charge in [-0.1, -0.05) is 0 Å². The summed E-state index contributed by atoms with van der Waals surface area (Å²) in [6, 6.07) is 4.78. The van der Waals surface area contributed by atoms with Crippen LogP contribution in [0, 0.1) is 0 Å². The van der Waals surface area contributed by atoms with Crippen LogP contribution in [0.3, 0.4) is 0 Å². The summed E-state index contributed by atoms with van der Waals surface area (Å²) in [4.78, 5) is 0. The molecule has 0 saturated heterocycles. The Bertz CT molecular complexity index is 282. The van der Waals surface area contributed by atoms with E-state index in [1.165, 1.54) is 25.8 Å². The molecule has 100 valence electrons. The number of quaternary nitrogens is 1. The van der Waals surface area contributed by atoms with Gasteiger partial charge in [-0.25, -0.2) is 0 Å². The van der Waals surface area contributed by atoms with Gasteiger partial charge in [0.25, 0.3) is 0 Å². The topological polar surface area (TPSA) is 13.1 Å². The van der Waals surface area contributed by atoms with Gasteiger partial charge in [0.05, 0.1) is 32.9 Å². The van der Waals surface area contributed by atoms with Gasteiger partial charge in [-0.3, -0.25) is 0 Å². The summed E-state index contributed by atoms with van der Waals surface area (Å²) in [6.45, 7) is 5.83. The number of furan rings is 1. The first-order chi connectivity index (χ1) is 7.56. The Labute approximate surface area is 123 Å². The molecule has 3 heteroatoms. The SMILES string of the molecule is CC[N+](C)(C)C(C)CCCCc1ccco1.[I-]. The predicted molar refractivity (Wildman–Crippen MR) is 68.4 cm³/mol. The van der Waals surface area contributed by atoms with Gasteiger partial charge < -0.3 is 32.9 Å². The quantitative estimate of drug-likeness (QED) is 0.396. The molecule has 1 rings (SSSR count). The molecule has 0 saturated carbocycles. The van der Waals surface area contributed by atoms with Crippen LogP contribution in [-0.4, -0.2) is 31.2 Å². The second kappa shape index (κ2) is 8.14. The van der Waals surface area contributed by atoms with Crippen LogP contribution < -0.4 is 24.0 Å². The maximum absolute atomic E-state index is 5.33. The van der Waals surface area contributed by atoms with E-state index in [1.807, 2.05) is 6.07 Å². The largest absolute Gasteiger partial charge is 1.00 e. The zero-order valence-electron chi connectivity index (χ0n) is 11.6. The molecular formula is C14H26INO. The van der Waals surface area contributed by atoms with Crippen molar-refractivity contribution in [2.24, 2.45) is 0 Å². The van der Waals surface area contributed by atoms with Gasteiger partial charge in [-0.15, -0.1) is 0 Å². The average Bonchev–Trinajstić information content (AvgIpc) is 2.76. The normalized spacial score (nSPS) is 13.2. The highest BCUT2D eigenvalue weighted by Crippen LogP contribution is 2.14. The maximum atomic E-state index is 5.33. The first kappa shape index (κ1) is 17.0. The fourth-order valence-corrected chi connectivity index (χ4v) is 1.85. The molecule has 0 amide bonds. The zero-order chi connectivity index (χ0) is 12.0. The lowest BCUT2D eigenvalue weighted by Gasteiger charge is -2.35. The molecule has 0 aromatic carbocycles. The van der Waals surface area contributed by atoms with Crippen molar-refractivity contribution in [1.82, 2.24) is 0 Å². The molecule has 0 radical (unpaired) electrons. The number of nitrogens with zero attached hydrogens (tertiary/aromatic N) is 1. The Morgan fingerprint density at radius 2 is 2.00 bits per heavy atom. The minimum Gasteiger partial charge on any atom is -1.00 e. The molecule has 0 aliphatic rings. The summed E-state index contributed by atoms with van der Waals surface area (Å²) in [5, 5.41) is 0. The van der Waals surface area contributed by atoms with Crippen molar-refractivity contribution in [3.05, 3.63) is 24.2 Å². The number of unbranched alkanes of at least 4 members (excludes halogenated alkanes) is 1. The molecule has 0 spiro atoms. The van der Waals surface area contributed by atoms with Crippen molar-refractivity contribution >= 4 is 0 Å². The van der Waals surface area contributed by atoms with Crippen molar-refractivity contribution in [3.8, 4) is 0 Å². The minimum absolute atomic E-state index is 0. The highest BCUT2D eigenvalue weighted by atomic mass is 127. The fourth-order valence-electron chi connectivity index (χ4n) is 1.85. The van der Waals surface area contributed by atoms with E-state index in [2.05, 4.69) is 34.0 Å². The van der Waals surface area contributed by atoms with Crippen LogP contribution in [0.25, 0.3) is 0 Å². The first-order valence-electron chi connectivity index (χ1n) is 6.41. The monoisotopic (exact) mass is 351 g/mol. The summed E-state index contributed by atoms with van der Waals surface area (Å²) < 4.78 is 6.45. The molecule has 1 heterocycles. The molecule has 0 bridgehead atoms. The van der Waals surface area contributed by atoms with Crippen molar-refractivity contribution in [2.45, 2.75) is 45.6 Å². The molecule has 1 aromatic heterocycles. The molecule has 0 aliphatic heterocycles. The van der Waals surface area contributed by atoms with E-state index in [-0.39, 0.29) is 24.0 Å². The Kier molecular flexibility index (Phi) is 8.12. The molecule has 1 aromatic rings. The lowest BCUT2D eigenvalue weighted by Crippen LogP contribution is -3.00. The minimum atomic E-state index is 0. The molecule has 1 unspecified atom stereocenters. The van der Waals surface area contributed by atoms with E-state index in [4.69, 9.17) is 4.42 Å². The van der Waals surface area contributed by atoms with Crippen molar-refractivity contribution in [3.63, 3.8) is 0 Å². The van der Waals surface area contributed by atoms with Crippen LogP contribution in [0.4, 0.5) is 0 Å². The highest BCUT2D eigenvalue weighted by molar-refractivity contribution is 4.97. The summed E-state index contributed by atoms with van der Waals surface area (Å²) in [6.07, 6.45) is 6.68. The van der Waals surface area contributed by atoms with Crippen LogP contribution in [0.1, 0.15) is 38.9 Å². The molecule has 0 aliphatic carbocycles. The van der Waals surface area contributed by atoms with Crippen molar-refractivity contribution in [1.29, 1.82) is 0 Å². The van der Waals surface area contributed by atoms with E-state index in [9.17, 15) is 0 Å². The van der Waals surface area contributed by atoms with E-state index >= 15 is 0 Å². The molecule has 2 nitrogen and oxygen atoms in total. The van der Waals surface area contributed by atoms with Gasteiger partial charge in [0, 0.05) is 6.42 Å². The summed E-state index contributed by atoms with van der Waals surface area (Å²) in [5.74, 6) is 1.12. The summed E-state index contributed by atoms with van der Waals surface area (Å²) in [7, 11) is 4.63. The van der Waals surface area contributed by atoms with Gasteiger partial charge in [0.1, 0.15) is 5.76 Å². The summed E-state index contributed by atoms with van der Waals surface area (Å²) >= 11 is 0. The van der Waals surface area contributed by atoms with Gasteiger partial charge >= 0.3 is 0 Å². The van der Waals surface area contributed by atoms with E-state index < -0.39 is 0 Å². The standard InChI is InChI=1S/C14H26NO.HI/c1-5-15(3,4)13(2)9-6-7-10-14-11-8-12-16-14;/h8,11-13H,5-7,9-10H2,1-4H3;1H/q+1;/p-1. The van der Waals surface area contributed by atoms with Crippen LogP contribution in [-0.2, 0) is 6.42 Å². The molecular weight excluding hydrogens is 325 g/mol. The Morgan fingerprint density at radius 3 is 2.53 bits per heavy atom. The molecule has 1 atom stereocenters. The van der Waals surface area contributed by atoms with Crippen LogP contribution >= 0.6 is 0 Å². The second-order valence-corrected chi connectivity index (χ2v) is 5.27. The summed E-state index contributed by atoms with van der Waals surface area (Å²) in [5.41, 5.74) is 0. The Balaban J connectivity index is 0.00000256. The Morgan fingerprint density at radius 1 is 1.29 bits per heavy atom. The van der Waals surface area contributed by atoms with E-state index in [0.29, 0.717) is 0 Å². The Hall–Kier alpha value is -0.0300. The predicted octanol–water partition coefficient (Wildman–Crippen LogP) is 0.481.